The maximum atomic E-state index is 2.31. The highest BCUT2D eigenvalue weighted by molar-refractivity contribution is 5.20. The minimum Gasteiger partial charge on any atom is -0.333 e. The monoisotopic (exact) mass is 220 g/mol. The standard InChI is InChI=1S/C14H22N2/c1-13-4-6-14(7-5-13)12-16-9-3-8-15(2)10-11-16/h4-7H,3,8-12H2,1-2H3/p+2. The molecule has 0 bridgehead atoms. The molecule has 2 atom stereocenters. The lowest BCUT2D eigenvalue weighted by atomic mass is 10.1. The van der Waals surface area contributed by atoms with Gasteiger partial charge in [-0.3, -0.25) is 0 Å². The largest absolute Gasteiger partial charge is 0.333 e. The van der Waals surface area contributed by atoms with Crippen molar-refractivity contribution >= 4 is 0 Å². The zero-order valence-electron chi connectivity index (χ0n) is 10.6. The van der Waals surface area contributed by atoms with Crippen LogP contribution in [0.25, 0.3) is 0 Å². The predicted molar refractivity (Wildman–Crippen MR) is 66.8 cm³/mol. The van der Waals surface area contributed by atoms with Gasteiger partial charge in [0.2, 0.25) is 0 Å². The molecule has 1 saturated heterocycles. The molecule has 88 valence electrons. The van der Waals surface area contributed by atoms with Crippen LogP contribution in [0.4, 0.5) is 0 Å². The molecule has 1 aromatic carbocycles. The van der Waals surface area contributed by atoms with Gasteiger partial charge in [-0.15, -0.1) is 0 Å². The van der Waals surface area contributed by atoms with Gasteiger partial charge < -0.3 is 9.80 Å². The molecule has 0 spiro atoms. The highest BCUT2D eigenvalue weighted by Gasteiger charge is 2.17. The normalized spacial score (nSPS) is 26.4. The van der Waals surface area contributed by atoms with E-state index in [-0.39, 0.29) is 0 Å². The SMILES string of the molecule is Cc1ccc(C[NH+]2CCC[NH+](C)CC2)cc1. The molecule has 1 heterocycles. The maximum absolute atomic E-state index is 2.31. The Morgan fingerprint density at radius 1 is 1.00 bits per heavy atom. The van der Waals surface area contributed by atoms with Gasteiger partial charge >= 0.3 is 0 Å². The summed E-state index contributed by atoms with van der Waals surface area (Å²) in [6.07, 6.45) is 1.37. The molecule has 16 heavy (non-hydrogen) atoms. The van der Waals surface area contributed by atoms with Gasteiger partial charge in [-0.2, -0.15) is 0 Å². The van der Waals surface area contributed by atoms with Crippen molar-refractivity contribution in [3.63, 3.8) is 0 Å². The molecule has 1 aliphatic heterocycles. The number of nitrogens with one attached hydrogen (secondary N) is 2. The van der Waals surface area contributed by atoms with Crippen LogP contribution in [-0.2, 0) is 6.54 Å². The number of rotatable bonds is 2. The number of quaternary nitrogens is 2. The van der Waals surface area contributed by atoms with Crippen molar-refractivity contribution in [2.75, 3.05) is 33.2 Å². The molecule has 1 aliphatic rings. The Bertz CT molecular complexity index is 318. The Kier molecular flexibility index (Phi) is 3.97. The summed E-state index contributed by atoms with van der Waals surface area (Å²) in [5.41, 5.74) is 2.85. The first-order valence-corrected chi connectivity index (χ1v) is 6.44. The van der Waals surface area contributed by atoms with Crippen molar-refractivity contribution in [3.05, 3.63) is 35.4 Å². The van der Waals surface area contributed by atoms with Crippen LogP contribution in [0.3, 0.4) is 0 Å². The second-order valence-electron chi connectivity index (χ2n) is 5.22. The molecule has 1 fully saturated rings. The van der Waals surface area contributed by atoms with E-state index in [1.165, 1.54) is 50.3 Å². The molecule has 0 amide bonds. The number of hydrogen-bond donors (Lipinski definition) is 2. The van der Waals surface area contributed by atoms with Gasteiger partial charge in [-0.1, -0.05) is 29.8 Å². The third-order valence-corrected chi connectivity index (χ3v) is 3.61. The van der Waals surface area contributed by atoms with Gasteiger partial charge in [0, 0.05) is 12.0 Å². The lowest BCUT2D eigenvalue weighted by Crippen LogP contribution is -3.15. The van der Waals surface area contributed by atoms with Crippen LogP contribution in [0.5, 0.6) is 0 Å². The third kappa shape index (κ3) is 3.32. The predicted octanol–water partition coefficient (Wildman–Crippen LogP) is -0.702. The van der Waals surface area contributed by atoms with Gasteiger partial charge in [0.25, 0.3) is 0 Å². The summed E-state index contributed by atoms with van der Waals surface area (Å²) >= 11 is 0. The summed E-state index contributed by atoms with van der Waals surface area (Å²) in [6, 6.07) is 9.02. The Balaban J connectivity index is 1.91. The molecule has 1 aromatic rings. The average molecular weight is 220 g/mol. The van der Waals surface area contributed by atoms with Crippen LogP contribution in [0.15, 0.2) is 24.3 Å². The minimum absolute atomic E-state index is 1.20. The van der Waals surface area contributed by atoms with E-state index in [0.29, 0.717) is 0 Å². The zero-order chi connectivity index (χ0) is 11.4. The third-order valence-electron chi connectivity index (χ3n) is 3.61. The van der Waals surface area contributed by atoms with E-state index in [0.717, 1.165) is 0 Å². The summed E-state index contributed by atoms with van der Waals surface area (Å²) in [4.78, 5) is 3.44. The van der Waals surface area contributed by atoms with E-state index in [1.807, 2.05) is 0 Å². The zero-order valence-corrected chi connectivity index (χ0v) is 10.6. The Hall–Kier alpha value is -0.860. The van der Waals surface area contributed by atoms with Crippen molar-refractivity contribution in [2.45, 2.75) is 19.9 Å². The molecular weight excluding hydrogens is 196 g/mol. The molecule has 2 unspecified atom stereocenters. The van der Waals surface area contributed by atoms with E-state index in [1.54, 1.807) is 9.80 Å². The van der Waals surface area contributed by atoms with Crippen LogP contribution in [0, 0.1) is 6.92 Å². The molecule has 0 radical (unpaired) electrons. The topological polar surface area (TPSA) is 8.88 Å². The molecule has 2 heteroatoms. The first-order valence-electron chi connectivity index (χ1n) is 6.44. The number of benzene rings is 1. The van der Waals surface area contributed by atoms with Crippen molar-refractivity contribution < 1.29 is 9.80 Å². The molecule has 2 N–H and O–H groups in total. The summed E-state index contributed by atoms with van der Waals surface area (Å²) in [5.74, 6) is 0. The molecule has 0 saturated carbocycles. The van der Waals surface area contributed by atoms with E-state index in [9.17, 15) is 0 Å². The van der Waals surface area contributed by atoms with E-state index >= 15 is 0 Å². The molecule has 2 rings (SSSR count). The Morgan fingerprint density at radius 3 is 2.50 bits per heavy atom. The second-order valence-corrected chi connectivity index (χ2v) is 5.22. The molecular formula is C14H24N2+2. The lowest BCUT2D eigenvalue weighted by molar-refractivity contribution is -0.938. The van der Waals surface area contributed by atoms with Gasteiger partial charge in [0.15, 0.2) is 0 Å². The highest BCUT2D eigenvalue weighted by atomic mass is 15.2. The van der Waals surface area contributed by atoms with Crippen molar-refractivity contribution in [1.29, 1.82) is 0 Å². The van der Waals surface area contributed by atoms with Gasteiger partial charge in [-0.05, 0) is 6.92 Å². The average Bonchev–Trinajstić information content (AvgIpc) is 2.47. The lowest BCUT2D eigenvalue weighted by Gasteiger charge is -2.16. The molecule has 0 aliphatic carbocycles. The smallest absolute Gasteiger partial charge is 0.127 e. The maximum Gasteiger partial charge on any atom is 0.127 e. The summed E-state index contributed by atoms with van der Waals surface area (Å²) < 4.78 is 0. The van der Waals surface area contributed by atoms with E-state index in [2.05, 4.69) is 38.2 Å². The van der Waals surface area contributed by atoms with Crippen molar-refractivity contribution in [1.82, 2.24) is 0 Å². The quantitative estimate of drug-likeness (QED) is 0.652. The summed E-state index contributed by atoms with van der Waals surface area (Å²) in [6.45, 7) is 8.68. The number of likely N-dealkylation sites (N-methyl/N-ethyl adjacent to an activating group) is 1. The Morgan fingerprint density at radius 2 is 1.75 bits per heavy atom. The van der Waals surface area contributed by atoms with Gasteiger partial charge in [0.05, 0.1) is 20.1 Å². The fraction of sp³-hybridized carbons (Fsp3) is 0.571. The van der Waals surface area contributed by atoms with E-state index < -0.39 is 0 Å². The van der Waals surface area contributed by atoms with Crippen LogP contribution in [0.2, 0.25) is 0 Å². The first-order chi connectivity index (χ1) is 7.74. The highest BCUT2D eigenvalue weighted by Crippen LogP contribution is 2.01. The van der Waals surface area contributed by atoms with Crippen LogP contribution < -0.4 is 9.80 Å². The van der Waals surface area contributed by atoms with Crippen LogP contribution >= 0.6 is 0 Å². The van der Waals surface area contributed by atoms with Crippen LogP contribution in [0.1, 0.15) is 17.5 Å². The fourth-order valence-corrected chi connectivity index (χ4v) is 2.45. The van der Waals surface area contributed by atoms with E-state index in [4.69, 9.17) is 0 Å². The summed E-state index contributed by atoms with van der Waals surface area (Å²) in [5, 5.41) is 0. The number of hydrogen-bond acceptors (Lipinski definition) is 0. The van der Waals surface area contributed by atoms with Gasteiger partial charge in [0.1, 0.15) is 19.6 Å². The van der Waals surface area contributed by atoms with Crippen LogP contribution in [-0.4, -0.2) is 33.2 Å². The molecule has 2 nitrogen and oxygen atoms in total. The number of aryl methyl sites for hydroxylation is 1. The fourth-order valence-electron chi connectivity index (χ4n) is 2.45. The molecule has 0 aromatic heterocycles. The minimum atomic E-state index is 1.20. The summed E-state index contributed by atoms with van der Waals surface area (Å²) in [7, 11) is 2.31. The van der Waals surface area contributed by atoms with Crippen molar-refractivity contribution in [2.24, 2.45) is 0 Å². The first kappa shape index (κ1) is 11.6. The van der Waals surface area contributed by atoms with Gasteiger partial charge in [-0.25, -0.2) is 0 Å². The van der Waals surface area contributed by atoms with Crippen molar-refractivity contribution in [3.8, 4) is 0 Å². The second kappa shape index (κ2) is 5.46. The Labute approximate surface area is 98.9 Å².